The summed E-state index contributed by atoms with van der Waals surface area (Å²) in [6, 6.07) is 16.9. The van der Waals surface area contributed by atoms with Gasteiger partial charge in [0, 0.05) is 35.5 Å². The van der Waals surface area contributed by atoms with Gasteiger partial charge in [-0.3, -0.25) is 4.79 Å². The van der Waals surface area contributed by atoms with Gasteiger partial charge in [0.25, 0.3) is 0 Å². The molecule has 10 heteroatoms. The van der Waals surface area contributed by atoms with Crippen LogP contribution in [0.25, 0.3) is 0 Å². The predicted octanol–water partition coefficient (Wildman–Crippen LogP) is 5.37. The molecule has 1 aliphatic heterocycles. The van der Waals surface area contributed by atoms with Crippen LogP contribution in [0.1, 0.15) is 18.4 Å². The maximum Gasteiger partial charge on any atom is 0.321 e. The number of anilines is 2. The average Bonchev–Trinajstić information content (AvgIpc) is 3.26. The molecule has 166 valence electrons. The fraction of sp³-hybridized carbons (Fsp3) is 0.273. The van der Waals surface area contributed by atoms with Crippen LogP contribution in [-0.4, -0.2) is 40.1 Å². The van der Waals surface area contributed by atoms with Crippen molar-refractivity contribution < 1.29 is 9.59 Å². The molecular formula is C22H22ClN5O2S2. The van der Waals surface area contributed by atoms with Gasteiger partial charge in [0.15, 0.2) is 4.34 Å². The van der Waals surface area contributed by atoms with E-state index in [1.807, 2.05) is 54.6 Å². The smallest absolute Gasteiger partial charge is 0.321 e. The number of para-hydroxylation sites is 1. The molecule has 0 aliphatic carbocycles. The van der Waals surface area contributed by atoms with E-state index in [2.05, 4.69) is 20.8 Å². The van der Waals surface area contributed by atoms with Crippen LogP contribution in [0.2, 0.25) is 5.02 Å². The minimum absolute atomic E-state index is 0.0708. The number of urea groups is 1. The number of carbonyl (C=O) groups excluding carboxylic acids is 2. The molecule has 1 fully saturated rings. The zero-order valence-corrected chi connectivity index (χ0v) is 19.6. The van der Waals surface area contributed by atoms with Crippen LogP contribution < -0.4 is 10.6 Å². The van der Waals surface area contributed by atoms with E-state index in [4.69, 9.17) is 11.6 Å². The molecular weight excluding hydrogens is 466 g/mol. The summed E-state index contributed by atoms with van der Waals surface area (Å²) in [5, 5.41) is 15.2. The standard InChI is InChI=1S/C22H22ClN5O2S2/c23-17-8-6-15(7-9-17)14-31-22-27-26-20(32-22)25-19(29)16-10-12-28(13-11-16)21(30)24-18-4-2-1-3-5-18/h1-9,16H,10-14H2,(H,24,30)(H,25,26,29). The fourth-order valence-electron chi connectivity index (χ4n) is 3.32. The molecule has 1 saturated heterocycles. The quantitative estimate of drug-likeness (QED) is 0.360. The first kappa shape index (κ1) is 22.6. The lowest BCUT2D eigenvalue weighted by Gasteiger charge is -2.31. The van der Waals surface area contributed by atoms with E-state index in [1.165, 1.54) is 11.3 Å². The molecule has 32 heavy (non-hydrogen) atoms. The van der Waals surface area contributed by atoms with Gasteiger partial charge in [-0.1, -0.05) is 65.0 Å². The number of amides is 3. The minimum Gasteiger partial charge on any atom is -0.324 e. The Balaban J connectivity index is 1.22. The van der Waals surface area contributed by atoms with E-state index in [0.717, 1.165) is 21.3 Å². The molecule has 0 bridgehead atoms. The van der Waals surface area contributed by atoms with Crippen LogP contribution in [0.5, 0.6) is 0 Å². The van der Waals surface area contributed by atoms with Gasteiger partial charge in [-0.25, -0.2) is 4.79 Å². The number of hydrogen-bond donors (Lipinski definition) is 2. The van der Waals surface area contributed by atoms with Crippen LogP contribution in [0.15, 0.2) is 58.9 Å². The molecule has 4 rings (SSSR count). The van der Waals surface area contributed by atoms with E-state index < -0.39 is 0 Å². The minimum atomic E-state index is -0.148. The van der Waals surface area contributed by atoms with E-state index >= 15 is 0 Å². The lowest BCUT2D eigenvalue weighted by Crippen LogP contribution is -2.43. The lowest BCUT2D eigenvalue weighted by molar-refractivity contribution is -0.121. The van der Waals surface area contributed by atoms with Crippen molar-refractivity contribution in [1.29, 1.82) is 0 Å². The molecule has 1 aromatic heterocycles. The highest BCUT2D eigenvalue weighted by atomic mass is 35.5. The summed E-state index contributed by atoms with van der Waals surface area (Å²) in [4.78, 5) is 26.8. The normalized spacial score (nSPS) is 14.2. The third kappa shape index (κ3) is 6.21. The van der Waals surface area contributed by atoms with Crippen molar-refractivity contribution in [2.45, 2.75) is 22.9 Å². The largest absolute Gasteiger partial charge is 0.324 e. The number of rotatable bonds is 6. The Morgan fingerprint density at radius 1 is 1.03 bits per heavy atom. The molecule has 2 heterocycles. The van der Waals surface area contributed by atoms with Crippen molar-refractivity contribution in [3.63, 3.8) is 0 Å². The molecule has 0 atom stereocenters. The lowest BCUT2D eigenvalue weighted by atomic mass is 9.96. The van der Waals surface area contributed by atoms with Gasteiger partial charge < -0.3 is 15.5 Å². The maximum atomic E-state index is 12.6. The fourth-order valence-corrected chi connectivity index (χ4v) is 5.16. The van der Waals surface area contributed by atoms with Crippen molar-refractivity contribution in [2.24, 2.45) is 5.92 Å². The van der Waals surface area contributed by atoms with Gasteiger partial charge in [-0.2, -0.15) is 0 Å². The third-order valence-electron chi connectivity index (χ3n) is 5.09. The number of halogens is 1. The topological polar surface area (TPSA) is 87.2 Å². The van der Waals surface area contributed by atoms with Crippen LogP contribution in [0.3, 0.4) is 0 Å². The Bertz CT molecular complexity index is 1050. The number of nitrogens with one attached hydrogen (secondary N) is 2. The molecule has 0 spiro atoms. The summed E-state index contributed by atoms with van der Waals surface area (Å²) >= 11 is 8.84. The van der Waals surface area contributed by atoms with E-state index in [0.29, 0.717) is 36.1 Å². The van der Waals surface area contributed by atoms with E-state index in [1.54, 1.807) is 16.7 Å². The molecule has 7 nitrogen and oxygen atoms in total. The number of benzene rings is 2. The third-order valence-corrected chi connectivity index (χ3v) is 7.39. The first-order valence-electron chi connectivity index (χ1n) is 10.2. The summed E-state index contributed by atoms with van der Waals surface area (Å²) in [6.07, 6.45) is 1.23. The summed E-state index contributed by atoms with van der Waals surface area (Å²) in [5.74, 6) is 0.534. The van der Waals surface area contributed by atoms with Crippen molar-refractivity contribution >= 4 is 57.5 Å². The van der Waals surface area contributed by atoms with Crippen LogP contribution in [-0.2, 0) is 10.5 Å². The molecule has 2 aromatic carbocycles. The number of carbonyl (C=O) groups is 2. The highest BCUT2D eigenvalue weighted by molar-refractivity contribution is 8.00. The number of nitrogens with zero attached hydrogens (tertiary/aromatic N) is 3. The summed E-state index contributed by atoms with van der Waals surface area (Å²) in [7, 11) is 0. The van der Waals surface area contributed by atoms with Gasteiger partial charge in [-0.05, 0) is 42.7 Å². The van der Waals surface area contributed by atoms with Gasteiger partial charge in [0.1, 0.15) is 0 Å². The molecule has 3 amide bonds. The van der Waals surface area contributed by atoms with Crippen LogP contribution >= 0.6 is 34.7 Å². The molecule has 0 unspecified atom stereocenters. The van der Waals surface area contributed by atoms with E-state index in [-0.39, 0.29) is 17.9 Å². The number of hydrogen-bond acceptors (Lipinski definition) is 6. The first-order valence-corrected chi connectivity index (χ1v) is 12.4. The first-order chi connectivity index (χ1) is 15.6. The van der Waals surface area contributed by atoms with Crippen LogP contribution in [0, 0.1) is 5.92 Å². The maximum absolute atomic E-state index is 12.6. The number of thioether (sulfide) groups is 1. The monoisotopic (exact) mass is 487 g/mol. The molecule has 2 N–H and O–H groups in total. The zero-order valence-electron chi connectivity index (χ0n) is 17.2. The molecule has 1 aliphatic rings. The predicted molar refractivity (Wildman–Crippen MR) is 129 cm³/mol. The number of aromatic nitrogens is 2. The van der Waals surface area contributed by atoms with Crippen LogP contribution in [0.4, 0.5) is 15.6 Å². The van der Waals surface area contributed by atoms with E-state index in [9.17, 15) is 9.59 Å². The molecule has 0 radical (unpaired) electrons. The molecule has 3 aromatic rings. The number of likely N-dealkylation sites (tertiary alicyclic amines) is 1. The Kier molecular flexibility index (Phi) is 7.62. The summed E-state index contributed by atoms with van der Waals surface area (Å²) in [6.45, 7) is 1.07. The zero-order chi connectivity index (χ0) is 22.3. The van der Waals surface area contributed by atoms with Gasteiger partial charge in [0.05, 0.1) is 0 Å². The average molecular weight is 488 g/mol. The van der Waals surface area contributed by atoms with Crippen molar-refractivity contribution in [1.82, 2.24) is 15.1 Å². The molecule has 0 saturated carbocycles. The Labute approximate surface area is 199 Å². The highest BCUT2D eigenvalue weighted by Crippen LogP contribution is 2.29. The van der Waals surface area contributed by atoms with Crippen molar-refractivity contribution in [3.05, 3.63) is 65.2 Å². The van der Waals surface area contributed by atoms with Crippen molar-refractivity contribution in [2.75, 3.05) is 23.7 Å². The second-order valence-corrected chi connectivity index (χ2v) is 9.97. The second kappa shape index (κ2) is 10.8. The van der Waals surface area contributed by atoms with Gasteiger partial charge >= 0.3 is 6.03 Å². The second-order valence-electron chi connectivity index (χ2n) is 7.34. The number of piperidine rings is 1. The Morgan fingerprint density at radius 3 is 2.47 bits per heavy atom. The van der Waals surface area contributed by atoms with Crippen molar-refractivity contribution in [3.8, 4) is 0 Å². The Morgan fingerprint density at radius 2 is 1.75 bits per heavy atom. The van der Waals surface area contributed by atoms with Gasteiger partial charge in [-0.15, -0.1) is 10.2 Å². The van der Waals surface area contributed by atoms with Gasteiger partial charge in [0.2, 0.25) is 11.0 Å². The Hall–Kier alpha value is -2.62. The SMILES string of the molecule is O=C(Nc1nnc(SCc2ccc(Cl)cc2)s1)C1CCN(C(=O)Nc2ccccc2)CC1. The highest BCUT2D eigenvalue weighted by Gasteiger charge is 2.28. The summed E-state index contributed by atoms with van der Waals surface area (Å²) < 4.78 is 0.794. The summed E-state index contributed by atoms with van der Waals surface area (Å²) in [5.41, 5.74) is 1.90.